The highest BCUT2D eigenvalue weighted by atomic mass is 16.1. The van der Waals surface area contributed by atoms with Crippen LogP contribution < -0.4 is 16.5 Å². The molecule has 0 fully saturated rings. The molecule has 1 aliphatic heterocycles. The minimum absolute atomic E-state index is 0.109. The summed E-state index contributed by atoms with van der Waals surface area (Å²) in [4.78, 5) is 26.3. The van der Waals surface area contributed by atoms with Crippen LogP contribution in [-0.2, 0) is 17.9 Å². The summed E-state index contributed by atoms with van der Waals surface area (Å²) in [5.74, 6) is 0.382. The van der Waals surface area contributed by atoms with Crippen LogP contribution in [0.3, 0.4) is 0 Å². The Morgan fingerprint density at radius 3 is 2.60 bits per heavy atom. The largest absolute Gasteiger partial charge is 0.384 e. The molecular formula is C22H25N7O. The first-order chi connectivity index (χ1) is 14.4. The molecule has 0 spiro atoms. The van der Waals surface area contributed by atoms with Gasteiger partial charge in [-0.3, -0.25) is 4.79 Å². The molecule has 1 amide bonds. The summed E-state index contributed by atoms with van der Waals surface area (Å²) in [5.41, 5.74) is 16.0. The number of hydrogen-bond acceptors (Lipinski definition) is 7. The molecule has 0 saturated carbocycles. The lowest BCUT2D eigenvalue weighted by atomic mass is 10.1. The van der Waals surface area contributed by atoms with Gasteiger partial charge in [-0.05, 0) is 50.1 Å². The number of aryl methyl sites for hydroxylation is 3. The number of nitrogens with two attached hydrogens (primary N) is 1. The highest BCUT2D eigenvalue weighted by molar-refractivity contribution is 5.94. The number of amides is 1. The van der Waals surface area contributed by atoms with Gasteiger partial charge >= 0.3 is 0 Å². The molecule has 0 saturated heterocycles. The van der Waals surface area contributed by atoms with Gasteiger partial charge in [0.2, 0.25) is 5.91 Å². The van der Waals surface area contributed by atoms with Gasteiger partial charge in [-0.15, -0.1) is 0 Å². The minimum Gasteiger partial charge on any atom is -0.384 e. The first kappa shape index (κ1) is 19.8. The van der Waals surface area contributed by atoms with Crippen LogP contribution in [0.2, 0.25) is 0 Å². The number of benzene rings is 1. The van der Waals surface area contributed by atoms with Gasteiger partial charge in [0.25, 0.3) is 0 Å². The summed E-state index contributed by atoms with van der Waals surface area (Å²) in [6, 6.07) is 9.63. The third-order valence-corrected chi connectivity index (χ3v) is 5.24. The van der Waals surface area contributed by atoms with Gasteiger partial charge in [-0.2, -0.15) is 0 Å². The van der Waals surface area contributed by atoms with E-state index in [1.54, 1.807) is 0 Å². The number of hydrazine groups is 1. The average molecular weight is 403 g/mol. The van der Waals surface area contributed by atoms with E-state index in [9.17, 15) is 4.79 Å². The fourth-order valence-electron chi connectivity index (χ4n) is 3.58. The van der Waals surface area contributed by atoms with Crippen LogP contribution in [0.4, 0.5) is 5.82 Å². The molecule has 0 radical (unpaired) electrons. The number of nitrogens with zero attached hydrogens (tertiary/aromatic N) is 4. The molecule has 0 bridgehead atoms. The first-order valence-corrected chi connectivity index (χ1v) is 9.84. The second-order valence-electron chi connectivity index (χ2n) is 7.47. The van der Waals surface area contributed by atoms with Gasteiger partial charge in [0, 0.05) is 30.6 Å². The molecule has 8 nitrogen and oxygen atoms in total. The summed E-state index contributed by atoms with van der Waals surface area (Å²) in [6.07, 6.45) is 1.83. The molecule has 0 aliphatic carbocycles. The smallest absolute Gasteiger partial charge is 0.250 e. The molecule has 1 aliphatic rings. The minimum atomic E-state index is -0.109. The number of nitrogens with one attached hydrogen (secondary N) is 2. The maximum Gasteiger partial charge on any atom is 0.250 e. The van der Waals surface area contributed by atoms with Crippen LogP contribution >= 0.6 is 0 Å². The number of carbonyl (C=O) groups excluding carboxylic acids is 1. The lowest BCUT2D eigenvalue weighted by molar-refractivity contribution is -0.117. The van der Waals surface area contributed by atoms with E-state index in [0.29, 0.717) is 31.0 Å². The number of anilines is 1. The van der Waals surface area contributed by atoms with Crippen molar-refractivity contribution in [1.82, 2.24) is 30.7 Å². The van der Waals surface area contributed by atoms with Crippen LogP contribution in [0.1, 0.15) is 28.2 Å². The summed E-state index contributed by atoms with van der Waals surface area (Å²) >= 11 is 0. The number of aromatic nitrogens is 3. The van der Waals surface area contributed by atoms with Crippen LogP contribution in [0.25, 0.3) is 11.0 Å². The van der Waals surface area contributed by atoms with Gasteiger partial charge in [0.05, 0.1) is 29.0 Å². The second kappa shape index (κ2) is 8.08. The number of nitrogen functional groups attached to an aromatic ring is 1. The summed E-state index contributed by atoms with van der Waals surface area (Å²) < 4.78 is 0. The summed E-state index contributed by atoms with van der Waals surface area (Å²) in [7, 11) is 0. The highest BCUT2D eigenvalue weighted by Gasteiger charge is 2.20. The molecule has 0 unspecified atom stereocenters. The molecule has 3 heterocycles. The van der Waals surface area contributed by atoms with Gasteiger partial charge in [-0.25, -0.2) is 20.4 Å². The Balaban J connectivity index is 1.42. The lowest BCUT2D eigenvalue weighted by Crippen LogP contribution is -2.30. The van der Waals surface area contributed by atoms with E-state index in [1.807, 2.05) is 62.3 Å². The third-order valence-electron chi connectivity index (χ3n) is 5.24. The number of pyridine rings is 1. The Hall–Kier alpha value is -3.52. The normalized spacial score (nSPS) is 13.6. The van der Waals surface area contributed by atoms with Gasteiger partial charge in [-0.1, -0.05) is 12.1 Å². The quantitative estimate of drug-likeness (QED) is 0.598. The Bertz CT molecular complexity index is 1130. The van der Waals surface area contributed by atoms with E-state index >= 15 is 0 Å². The number of para-hydroxylation sites is 2. The lowest BCUT2D eigenvalue weighted by Gasteiger charge is -2.16. The molecule has 1 aromatic carbocycles. The maximum atomic E-state index is 12.6. The molecule has 8 heteroatoms. The standard InChI is InChI=1S/C22H25N7O/c1-13-8-21(23)27-14(2)17(13)10-24-22(30)16-9-25-29(11-16)12-20-15(3)26-18-6-4-5-7-19(18)28-20/h4-8,11,25H,9-10,12H2,1-3H3,(H2,23,27)(H,24,30). The first-order valence-electron chi connectivity index (χ1n) is 9.84. The van der Waals surface area contributed by atoms with Crippen LogP contribution in [0, 0.1) is 20.8 Å². The van der Waals surface area contributed by atoms with E-state index in [-0.39, 0.29) is 5.91 Å². The van der Waals surface area contributed by atoms with Crippen molar-refractivity contribution in [2.75, 3.05) is 12.3 Å². The van der Waals surface area contributed by atoms with Crippen molar-refractivity contribution < 1.29 is 4.79 Å². The zero-order chi connectivity index (χ0) is 21.3. The molecule has 154 valence electrons. The Morgan fingerprint density at radius 2 is 1.87 bits per heavy atom. The van der Waals surface area contributed by atoms with Crippen molar-refractivity contribution in [3.63, 3.8) is 0 Å². The fourth-order valence-corrected chi connectivity index (χ4v) is 3.58. The van der Waals surface area contributed by atoms with E-state index < -0.39 is 0 Å². The van der Waals surface area contributed by atoms with E-state index in [4.69, 9.17) is 10.7 Å². The SMILES string of the molecule is Cc1cc(N)nc(C)c1CNC(=O)C1=CN(Cc2nc3ccccc3nc2C)NC1. The van der Waals surface area contributed by atoms with E-state index in [1.165, 1.54) is 0 Å². The number of hydrogen-bond donors (Lipinski definition) is 3. The monoisotopic (exact) mass is 403 g/mol. The summed E-state index contributed by atoms with van der Waals surface area (Å²) in [6.45, 7) is 7.22. The van der Waals surface area contributed by atoms with Crippen molar-refractivity contribution >= 4 is 22.8 Å². The topological polar surface area (TPSA) is 109 Å². The third kappa shape index (κ3) is 4.08. The zero-order valence-electron chi connectivity index (χ0n) is 17.4. The predicted molar refractivity (Wildman–Crippen MR) is 116 cm³/mol. The van der Waals surface area contributed by atoms with Crippen molar-refractivity contribution in [2.24, 2.45) is 0 Å². The number of carbonyl (C=O) groups is 1. The number of rotatable bonds is 5. The van der Waals surface area contributed by atoms with E-state index in [0.717, 1.165) is 39.2 Å². The van der Waals surface area contributed by atoms with Gasteiger partial charge in [0.1, 0.15) is 5.82 Å². The van der Waals surface area contributed by atoms with Crippen molar-refractivity contribution in [3.05, 3.63) is 70.3 Å². The van der Waals surface area contributed by atoms with E-state index in [2.05, 4.69) is 20.7 Å². The molecule has 4 rings (SSSR count). The fraction of sp³-hybridized carbons (Fsp3) is 0.273. The molecule has 2 aromatic heterocycles. The second-order valence-corrected chi connectivity index (χ2v) is 7.47. The average Bonchev–Trinajstić information content (AvgIpc) is 3.16. The molecule has 4 N–H and O–H groups in total. The van der Waals surface area contributed by atoms with Crippen molar-refractivity contribution in [3.8, 4) is 0 Å². The Morgan fingerprint density at radius 1 is 1.13 bits per heavy atom. The zero-order valence-corrected chi connectivity index (χ0v) is 17.4. The van der Waals surface area contributed by atoms with Crippen molar-refractivity contribution in [1.29, 1.82) is 0 Å². The molecule has 3 aromatic rings. The highest BCUT2D eigenvalue weighted by Crippen LogP contribution is 2.17. The predicted octanol–water partition coefficient (Wildman–Crippen LogP) is 2.05. The summed E-state index contributed by atoms with van der Waals surface area (Å²) in [5, 5.41) is 4.86. The van der Waals surface area contributed by atoms with Crippen molar-refractivity contribution in [2.45, 2.75) is 33.9 Å². The maximum absolute atomic E-state index is 12.6. The van der Waals surface area contributed by atoms with Crippen LogP contribution in [0.15, 0.2) is 42.1 Å². The Kier molecular flexibility index (Phi) is 5.33. The Labute approximate surface area is 175 Å². The molecular weight excluding hydrogens is 378 g/mol. The molecule has 30 heavy (non-hydrogen) atoms. The van der Waals surface area contributed by atoms with Gasteiger partial charge in [0.15, 0.2) is 0 Å². The van der Waals surface area contributed by atoms with Crippen LogP contribution in [0.5, 0.6) is 0 Å². The number of fused-ring (bicyclic) bond motifs is 1. The van der Waals surface area contributed by atoms with Crippen LogP contribution in [-0.4, -0.2) is 32.4 Å². The van der Waals surface area contributed by atoms with Gasteiger partial charge < -0.3 is 16.1 Å². The molecule has 0 atom stereocenters.